The molecular formula is C31H51N2O6-. The third-order valence-corrected chi connectivity index (χ3v) is 11.6. The molecule has 4 aliphatic carbocycles. The van der Waals surface area contributed by atoms with Gasteiger partial charge in [-0.3, -0.25) is 14.8 Å². The molecule has 0 aliphatic heterocycles. The topological polar surface area (TPSA) is 111 Å². The standard InChI is InChI=1S/C31H51N2O6/c1-19(2)9-8-10-20(3)25-11-12-26-24-17-28(32-33(36)37)31(39-22(5)35)18-23(38-21(4)34)13-16-30(31,7)27(24)14-15-29(25,26)6/h19-20,23-27,36H,8-18H2,1-7H3/q-1/b32-28+/t20-,23+,24+,25+,26-,27-,29-,30-,31+/m1/s1. The van der Waals surface area contributed by atoms with Crippen LogP contribution in [0.2, 0.25) is 0 Å². The second kappa shape index (κ2) is 11.3. The number of ether oxygens (including phenoxy) is 2. The van der Waals surface area contributed by atoms with E-state index in [9.17, 15) is 20.0 Å². The van der Waals surface area contributed by atoms with Gasteiger partial charge < -0.3 is 14.7 Å². The Kier molecular flexibility index (Phi) is 8.78. The number of hydrogen-bond acceptors (Lipinski definition) is 8. The molecule has 8 heteroatoms. The van der Waals surface area contributed by atoms with Gasteiger partial charge in [0.2, 0.25) is 0 Å². The van der Waals surface area contributed by atoms with E-state index < -0.39 is 23.1 Å². The summed E-state index contributed by atoms with van der Waals surface area (Å²) in [6.07, 6.45) is 10.1. The van der Waals surface area contributed by atoms with E-state index >= 15 is 0 Å². The van der Waals surface area contributed by atoms with Gasteiger partial charge in [-0.2, -0.15) is 5.10 Å². The van der Waals surface area contributed by atoms with Crippen molar-refractivity contribution in [2.75, 3.05) is 0 Å². The van der Waals surface area contributed by atoms with Crippen LogP contribution >= 0.6 is 0 Å². The fourth-order valence-corrected chi connectivity index (χ4v) is 10.0. The normalized spacial score (nSPS) is 41.4. The van der Waals surface area contributed by atoms with Crippen LogP contribution in [0.25, 0.3) is 0 Å². The van der Waals surface area contributed by atoms with Gasteiger partial charge in [0.05, 0.1) is 5.71 Å². The Balaban J connectivity index is 1.68. The Morgan fingerprint density at radius 1 is 1.05 bits per heavy atom. The first kappa shape index (κ1) is 30.3. The summed E-state index contributed by atoms with van der Waals surface area (Å²) in [6, 6.07) is 0. The van der Waals surface area contributed by atoms with Crippen LogP contribution in [0.3, 0.4) is 0 Å². The zero-order chi connectivity index (χ0) is 28.8. The summed E-state index contributed by atoms with van der Waals surface area (Å²) < 4.78 is 11.8. The quantitative estimate of drug-likeness (QED) is 0.260. The van der Waals surface area contributed by atoms with Crippen molar-refractivity contribution >= 4 is 17.7 Å². The predicted molar refractivity (Wildman–Crippen MR) is 149 cm³/mol. The van der Waals surface area contributed by atoms with Crippen LogP contribution in [0, 0.1) is 51.5 Å². The average molecular weight is 548 g/mol. The first-order valence-corrected chi connectivity index (χ1v) is 15.3. The molecule has 0 saturated heterocycles. The molecule has 4 aliphatic rings. The maximum Gasteiger partial charge on any atom is 0.303 e. The SMILES string of the molecule is CC(=O)O[C@H]1CC[C@]2(C)[C@@H]3CC[C@@]4(C)[C@H](CC[C@H]4[C@H](C)CCCC(C)C)[C@@H]3C/C(=N\N([O-])O)[C@@]2(OC(C)=O)C1. The lowest BCUT2D eigenvalue weighted by Gasteiger charge is -2.65. The lowest BCUT2D eigenvalue weighted by Crippen LogP contribution is -2.69. The first-order chi connectivity index (χ1) is 18.2. The van der Waals surface area contributed by atoms with E-state index in [4.69, 9.17) is 9.47 Å². The van der Waals surface area contributed by atoms with E-state index in [1.54, 1.807) is 0 Å². The predicted octanol–water partition coefficient (Wildman–Crippen LogP) is 6.88. The molecule has 0 spiro atoms. The zero-order valence-electron chi connectivity index (χ0n) is 25.2. The summed E-state index contributed by atoms with van der Waals surface area (Å²) in [5.41, 5.74) is -1.02. The molecule has 0 unspecified atom stereocenters. The molecule has 4 rings (SSSR count). The number of hydrogen-bond donors (Lipinski definition) is 1. The number of fused-ring (bicyclic) bond motifs is 5. The Labute approximate surface area is 234 Å². The lowest BCUT2D eigenvalue weighted by atomic mass is 9.42. The maximum absolute atomic E-state index is 12.6. The summed E-state index contributed by atoms with van der Waals surface area (Å²) in [5.74, 6) is 2.35. The van der Waals surface area contributed by atoms with Crippen molar-refractivity contribution in [1.29, 1.82) is 0 Å². The smallest absolute Gasteiger partial charge is 0.303 e. The van der Waals surface area contributed by atoms with Gasteiger partial charge >= 0.3 is 11.9 Å². The highest BCUT2D eigenvalue weighted by Crippen LogP contribution is 2.69. The van der Waals surface area contributed by atoms with Gasteiger partial charge in [-0.1, -0.05) is 53.9 Å². The molecule has 0 heterocycles. The number of esters is 2. The number of hydrazone groups is 1. The third-order valence-electron chi connectivity index (χ3n) is 11.6. The van der Waals surface area contributed by atoms with Gasteiger partial charge in [-0.15, -0.1) is 0 Å². The van der Waals surface area contributed by atoms with E-state index in [0.29, 0.717) is 54.6 Å². The Bertz CT molecular complexity index is 951. The minimum atomic E-state index is -1.19. The van der Waals surface area contributed by atoms with Crippen molar-refractivity contribution < 1.29 is 24.3 Å². The van der Waals surface area contributed by atoms with E-state index in [1.807, 2.05) is 0 Å². The molecule has 8 nitrogen and oxygen atoms in total. The van der Waals surface area contributed by atoms with Gasteiger partial charge in [0.1, 0.15) is 6.10 Å². The molecule has 39 heavy (non-hydrogen) atoms. The fraction of sp³-hybridized carbons (Fsp3) is 0.903. The highest BCUT2D eigenvalue weighted by molar-refractivity contribution is 5.96. The molecular weight excluding hydrogens is 496 g/mol. The Morgan fingerprint density at radius 2 is 1.77 bits per heavy atom. The Hall–Kier alpha value is -1.67. The minimum absolute atomic E-state index is 0.229. The highest BCUT2D eigenvalue weighted by atomic mass is 16.8. The van der Waals surface area contributed by atoms with Crippen LogP contribution < -0.4 is 0 Å². The number of nitrogens with zero attached hydrogens (tertiary/aromatic N) is 2. The maximum atomic E-state index is 12.6. The summed E-state index contributed by atoms with van der Waals surface area (Å²) in [7, 11) is 0. The first-order valence-electron chi connectivity index (χ1n) is 15.3. The second-order valence-electron chi connectivity index (χ2n) is 14.2. The lowest BCUT2D eigenvalue weighted by molar-refractivity contribution is -0.205. The minimum Gasteiger partial charge on any atom is -0.716 e. The largest absolute Gasteiger partial charge is 0.716 e. The van der Waals surface area contributed by atoms with E-state index in [0.717, 1.165) is 25.2 Å². The van der Waals surface area contributed by atoms with Gasteiger partial charge in [0.15, 0.2) is 5.60 Å². The van der Waals surface area contributed by atoms with E-state index in [1.165, 1.54) is 39.5 Å². The molecule has 4 fully saturated rings. The second-order valence-corrected chi connectivity index (χ2v) is 14.2. The number of carbonyl (C=O) groups is 2. The van der Waals surface area contributed by atoms with E-state index in [2.05, 4.69) is 39.7 Å². The van der Waals surface area contributed by atoms with Crippen LogP contribution in [0.5, 0.6) is 0 Å². The van der Waals surface area contributed by atoms with Crippen LogP contribution in [0.1, 0.15) is 119 Å². The van der Waals surface area contributed by atoms with Gasteiger partial charge in [-0.25, -0.2) is 5.34 Å². The number of carbonyl (C=O) groups excluding carboxylic acids is 2. The zero-order valence-corrected chi connectivity index (χ0v) is 25.2. The van der Waals surface area contributed by atoms with Crippen molar-refractivity contribution in [2.24, 2.45) is 51.4 Å². The van der Waals surface area contributed by atoms with Crippen LogP contribution in [0.15, 0.2) is 5.10 Å². The van der Waals surface area contributed by atoms with Crippen molar-refractivity contribution in [3.8, 4) is 0 Å². The summed E-state index contributed by atoms with van der Waals surface area (Å²) in [6.45, 7) is 14.5. The Morgan fingerprint density at radius 3 is 2.38 bits per heavy atom. The van der Waals surface area contributed by atoms with Crippen LogP contribution in [-0.4, -0.2) is 39.9 Å². The molecule has 1 N–H and O–H groups in total. The molecule has 0 amide bonds. The average Bonchev–Trinajstić information content (AvgIpc) is 3.16. The van der Waals surface area contributed by atoms with Gasteiger partial charge in [0, 0.05) is 25.7 Å². The number of rotatable bonds is 8. The van der Waals surface area contributed by atoms with E-state index in [-0.39, 0.29) is 23.1 Å². The third kappa shape index (κ3) is 5.49. The summed E-state index contributed by atoms with van der Waals surface area (Å²) in [5, 5.41) is 25.4. The fourth-order valence-electron chi connectivity index (χ4n) is 10.0. The molecule has 222 valence electrons. The molecule has 4 saturated carbocycles. The molecule has 0 bridgehead atoms. The van der Waals surface area contributed by atoms with Crippen LogP contribution in [-0.2, 0) is 19.1 Å². The molecule has 0 radical (unpaired) electrons. The van der Waals surface area contributed by atoms with Crippen LogP contribution in [0.4, 0.5) is 0 Å². The van der Waals surface area contributed by atoms with Gasteiger partial charge in [0.25, 0.3) is 0 Å². The van der Waals surface area contributed by atoms with Crippen molar-refractivity contribution in [1.82, 2.24) is 5.34 Å². The molecule has 0 aromatic heterocycles. The summed E-state index contributed by atoms with van der Waals surface area (Å²) in [4.78, 5) is 24.4. The summed E-state index contributed by atoms with van der Waals surface area (Å²) >= 11 is 0. The van der Waals surface area contributed by atoms with Crippen molar-refractivity contribution in [3.63, 3.8) is 0 Å². The molecule has 0 aromatic carbocycles. The molecule has 0 aromatic rings. The molecule has 9 atom stereocenters. The highest BCUT2D eigenvalue weighted by Gasteiger charge is 2.69. The van der Waals surface area contributed by atoms with Crippen molar-refractivity contribution in [3.05, 3.63) is 5.21 Å². The van der Waals surface area contributed by atoms with Gasteiger partial charge in [-0.05, 0) is 85.9 Å². The monoisotopic (exact) mass is 547 g/mol. The van der Waals surface area contributed by atoms with Crippen molar-refractivity contribution in [2.45, 2.75) is 131 Å².